The molecule has 0 bridgehead atoms. The number of aromatic nitrogens is 1. The maximum absolute atomic E-state index is 12.2. The summed E-state index contributed by atoms with van der Waals surface area (Å²) in [6.07, 6.45) is -4.74. The SMILES string of the molecule is CN(C)c1cc(C#N)nc2ccc(OC(F)(F)F)cc12. The number of pyridine rings is 1. The van der Waals surface area contributed by atoms with Gasteiger partial charge in [-0.05, 0) is 24.3 Å². The number of nitriles is 1. The van der Waals surface area contributed by atoms with Crippen LogP contribution in [0, 0.1) is 11.3 Å². The topological polar surface area (TPSA) is 49.2 Å². The lowest BCUT2D eigenvalue weighted by Crippen LogP contribution is -2.17. The lowest BCUT2D eigenvalue weighted by atomic mass is 10.1. The van der Waals surface area contributed by atoms with Gasteiger partial charge in [0.05, 0.1) is 5.52 Å². The highest BCUT2D eigenvalue weighted by atomic mass is 19.4. The van der Waals surface area contributed by atoms with E-state index in [-0.39, 0.29) is 11.4 Å². The van der Waals surface area contributed by atoms with Crippen molar-refractivity contribution in [2.45, 2.75) is 6.36 Å². The Morgan fingerprint density at radius 1 is 1.25 bits per heavy atom. The summed E-state index contributed by atoms with van der Waals surface area (Å²) in [7, 11) is 3.46. The molecule has 0 aliphatic heterocycles. The van der Waals surface area contributed by atoms with Gasteiger partial charge in [0.1, 0.15) is 17.5 Å². The smallest absolute Gasteiger partial charge is 0.406 e. The third-order valence-corrected chi connectivity index (χ3v) is 2.59. The first-order valence-corrected chi connectivity index (χ1v) is 5.58. The van der Waals surface area contributed by atoms with Crippen molar-refractivity contribution in [3.05, 3.63) is 30.0 Å². The standard InChI is InChI=1S/C13H10F3N3O/c1-19(2)12-5-8(7-17)18-11-4-3-9(6-10(11)12)20-13(14,15)16/h3-6H,1-2H3. The molecule has 0 atom stereocenters. The minimum Gasteiger partial charge on any atom is -0.406 e. The number of ether oxygens (including phenoxy) is 1. The Morgan fingerprint density at radius 2 is 1.95 bits per heavy atom. The van der Waals surface area contributed by atoms with E-state index in [9.17, 15) is 13.2 Å². The van der Waals surface area contributed by atoms with E-state index in [1.807, 2.05) is 6.07 Å². The molecule has 7 heteroatoms. The molecule has 0 fully saturated rings. The van der Waals surface area contributed by atoms with Gasteiger partial charge in [-0.1, -0.05) is 0 Å². The molecule has 2 rings (SSSR count). The van der Waals surface area contributed by atoms with E-state index >= 15 is 0 Å². The van der Waals surface area contributed by atoms with Crippen LogP contribution >= 0.6 is 0 Å². The fourth-order valence-electron chi connectivity index (χ4n) is 1.81. The number of anilines is 1. The highest BCUT2D eigenvalue weighted by Gasteiger charge is 2.31. The van der Waals surface area contributed by atoms with Crippen molar-refractivity contribution in [2.75, 3.05) is 19.0 Å². The van der Waals surface area contributed by atoms with E-state index in [0.717, 1.165) is 0 Å². The maximum Gasteiger partial charge on any atom is 0.573 e. The summed E-state index contributed by atoms with van der Waals surface area (Å²) in [4.78, 5) is 5.75. The summed E-state index contributed by atoms with van der Waals surface area (Å²) in [6, 6.07) is 7.25. The molecule has 20 heavy (non-hydrogen) atoms. The summed E-state index contributed by atoms with van der Waals surface area (Å²) in [5.74, 6) is -0.320. The molecule has 0 aliphatic carbocycles. The van der Waals surface area contributed by atoms with Gasteiger partial charge in [-0.25, -0.2) is 4.98 Å². The second-order valence-electron chi connectivity index (χ2n) is 4.26. The van der Waals surface area contributed by atoms with Crippen molar-refractivity contribution in [1.29, 1.82) is 5.26 Å². The Bertz CT molecular complexity index is 690. The van der Waals surface area contributed by atoms with E-state index in [4.69, 9.17) is 5.26 Å². The summed E-state index contributed by atoms with van der Waals surface area (Å²) in [5.41, 5.74) is 1.23. The lowest BCUT2D eigenvalue weighted by Gasteiger charge is -2.16. The summed E-state index contributed by atoms with van der Waals surface area (Å²) < 4.78 is 40.6. The predicted octanol–water partition coefficient (Wildman–Crippen LogP) is 3.07. The second-order valence-corrected chi connectivity index (χ2v) is 4.26. The van der Waals surface area contributed by atoms with Crippen LogP contribution in [0.25, 0.3) is 10.9 Å². The van der Waals surface area contributed by atoms with E-state index < -0.39 is 6.36 Å². The molecule has 1 heterocycles. The number of hydrogen-bond acceptors (Lipinski definition) is 4. The highest BCUT2D eigenvalue weighted by Crippen LogP contribution is 2.31. The first-order valence-electron chi connectivity index (χ1n) is 5.58. The molecular formula is C13H10F3N3O. The van der Waals surface area contributed by atoms with Crippen LogP contribution in [-0.2, 0) is 0 Å². The molecule has 0 saturated heterocycles. The number of hydrogen-bond donors (Lipinski definition) is 0. The van der Waals surface area contributed by atoms with Crippen LogP contribution in [0.4, 0.5) is 18.9 Å². The Morgan fingerprint density at radius 3 is 2.50 bits per heavy atom. The maximum atomic E-state index is 12.2. The molecule has 1 aromatic carbocycles. The second kappa shape index (κ2) is 4.89. The van der Waals surface area contributed by atoms with E-state index in [2.05, 4.69) is 9.72 Å². The van der Waals surface area contributed by atoms with Crippen molar-refractivity contribution in [3.63, 3.8) is 0 Å². The molecule has 2 aromatic rings. The summed E-state index contributed by atoms with van der Waals surface area (Å²) >= 11 is 0. The van der Waals surface area contributed by atoms with Crippen LogP contribution in [0.5, 0.6) is 5.75 Å². The number of halogens is 3. The number of rotatable bonds is 2. The molecule has 0 saturated carbocycles. The molecule has 4 nitrogen and oxygen atoms in total. The average Bonchev–Trinajstić information content (AvgIpc) is 2.35. The Hall–Kier alpha value is -2.49. The van der Waals surface area contributed by atoms with Crippen LogP contribution in [0.15, 0.2) is 24.3 Å². The third kappa shape index (κ3) is 2.91. The van der Waals surface area contributed by atoms with Crippen LogP contribution in [0.2, 0.25) is 0 Å². The molecule has 0 radical (unpaired) electrons. The summed E-state index contributed by atoms with van der Waals surface area (Å²) in [5, 5.41) is 9.39. The zero-order chi connectivity index (χ0) is 14.9. The third-order valence-electron chi connectivity index (χ3n) is 2.59. The predicted molar refractivity (Wildman–Crippen MR) is 67.5 cm³/mol. The Kier molecular flexibility index (Phi) is 3.40. The molecule has 0 spiro atoms. The van der Waals surface area contributed by atoms with E-state index in [1.54, 1.807) is 19.0 Å². The van der Waals surface area contributed by atoms with Gasteiger partial charge >= 0.3 is 6.36 Å². The van der Waals surface area contributed by atoms with Crippen molar-refractivity contribution >= 4 is 16.6 Å². The number of nitrogens with zero attached hydrogens (tertiary/aromatic N) is 3. The fraction of sp³-hybridized carbons (Fsp3) is 0.231. The first-order chi connectivity index (χ1) is 9.30. The number of fused-ring (bicyclic) bond motifs is 1. The van der Waals surface area contributed by atoms with Crippen LogP contribution in [0.3, 0.4) is 0 Å². The van der Waals surface area contributed by atoms with Crippen molar-refractivity contribution in [3.8, 4) is 11.8 Å². The Balaban J connectivity index is 2.61. The zero-order valence-electron chi connectivity index (χ0n) is 10.7. The monoisotopic (exact) mass is 281 g/mol. The first kappa shape index (κ1) is 13.9. The average molecular weight is 281 g/mol. The highest BCUT2D eigenvalue weighted by molar-refractivity contribution is 5.93. The molecule has 104 valence electrons. The van der Waals surface area contributed by atoms with Gasteiger partial charge in [0, 0.05) is 25.2 Å². The van der Waals surface area contributed by atoms with Gasteiger partial charge in [-0.2, -0.15) is 5.26 Å². The normalized spacial score (nSPS) is 11.2. The number of alkyl halides is 3. The van der Waals surface area contributed by atoms with E-state index in [0.29, 0.717) is 16.6 Å². The van der Waals surface area contributed by atoms with Gasteiger partial charge < -0.3 is 9.64 Å². The minimum absolute atomic E-state index is 0.200. The van der Waals surface area contributed by atoms with Crippen molar-refractivity contribution in [1.82, 2.24) is 4.98 Å². The fourth-order valence-corrected chi connectivity index (χ4v) is 1.81. The Labute approximate surface area is 113 Å². The zero-order valence-corrected chi connectivity index (χ0v) is 10.7. The van der Waals surface area contributed by atoms with E-state index in [1.165, 1.54) is 24.3 Å². The van der Waals surface area contributed by atoms with Crippen molar-refractivity contribution < 1.29 is 17.9 Å². The number of benzene rings is 1. The molecule has 0 unspecified atom stereocenters. The molecule has 0 aliphatic rings. The van der Waals surface area contributed by atoms with Crippen LogP contribution in [0.1, 0.15) is 5.69 Å². The quantitative estimate of drug-likeness (QED) is 0.848. The van der Waals surface area contributed by atoms with Crippen molar-refractivity contribution in [2.24, 2.45) is 0 Å². The summed E-state index contributed by atoms with van der Waals surface area (Å²) in [6.45, 7) is 0. The molecule has 1 aromatic heterocycles. The minimum atomic E-state index is -4.74. The van der Waals surface area contributed by atoms with Crippen LogP contribution < -0.4 is 9.64 Å². The van der Waals surface area contributed by atoms with Gasteiger partial charge in [-0.15, -0.1) is 13.2 Å². The largest absolute Gasteiger partial charge is 0.573 e. The molecule has 0 N–H and O–H groups in total. The van der Waals surface area contributed by atoms with Gasteiger partial charge in [0.2, 0.25) is 0 Å². The van der Waals surface area contributed by atoms with Crippen LogP contribution in [-0.4, -0.2) is 25.4 Å². The van der Waals surface area contributed by atoms with Gasteiger partial charge in [0.15, 0.2) is 0 Å². The molecular weight excluding hydrogens is 271 g/mol. The van der Waals surface area contributed by atoms with Gasteiger partial charge in [-0.3, -0.25) is 0 Å². The van der Waals surface area contributed by atoms with Gasteiger partial charge in [0.25, 0.3) is 0 Å². The molecule has 0 amide bonds. The lowest BCUT2D eigenvalue weighted by molar-refractivity contribution is -0.274.